The summed E-state index contributed by atoms with van der Waals surface area (Å²) < 4.78 is 39.6. The Kier molecular flexibility index (Phi) is 3.76. The summed E-state index contributed by atoms with van der Waals surface area (Å²) in [6.45, 7) is -2.82. The van der Waals surface area contributed by atoms with Gasteiger partial charge in [-0.15, -0.1) is 18.5 Å². The molecule has 0 saturated heterocycles. The molecule has 0 amide bonds. The summed E-state index contributed by atoms with van der Waals surface area (Å²) in [7, 11) is 0. The van der Waals surface area contributed by atoms with Gasteiger partial charge < -0.3 is 17.7 Å². The normalized spacial score (nSPS) is 10.7. The minimum atomic E-state index is -4.97. The topological polar surface area (TPSA) is 9.23 Å². The van der Waals surface area contributed by atoms with Gasteiger partial charge in [0.1, 0.15) is 6.61 Å². The predicted octanol–water partition coefficient (Wildman–Crippen LogP) is 1.58. The number of hydrogen-bond donors (Lipinski definition) is 0. The average Bonchev–Trinajstić information content (AvgIpc) is 1.86. The maximum absolute atomic E-state index is 11.7. The molecule has 0 N–H and O–H groups in total. The average molecular weight is 163 g/mol. The zero-order valence-corrected chi connectivity index (χ0v) is 5.82. The van der Waals surface area contributed by atoms with Crippen molar-refractivity contribution >= 4 is 6.98 Å². The maximum Gasteiger partial charge on any atom is 0.507 e. The van der Waals surface area contributed by atoms with Gasteiger partial charge in [0, 0.05) is 6.61 Å². The highest BCUT2D eigenvalue weighted by atomic mass is 19.4. The van der Waals surface area contributed by atoms with E-state index in [9.17, 15) is 12.9 Å². The van der Waals surface area contributed by atoms with E-state index in [1.165, 1.54) is 0 Å². The SMILES string of the molecule is C#CCOCC(=C)[B-](F)(F)F. The summed E-state index contributed by atoms with van der Waals surface area (Å²) in [4.78, 5) is 0. The maximum atomic E-state index is 11.7. The number of rotatable bonds is 4. The number of ether oxygens (including phenoxy) is 1. The summed E-state index contributed by atoms with van der Waals surface area (Å²) in [6.07, 6.45) is 4.74. The minimum absolute atomic E-state index is 0.120. The van der Waals surface area contributed by atoms with E-state index in [1.54, 1.807) is 0 Å². The third-order valence-corrected chi connectivity index (χ3v) is 0.936. The first-order chi connectivity index (χ1) is 4.98. The molecular weight excluding hydrogens is 156 g/mol. The van der Waals surface area contributed by atoms with Gasteiger partial charge in [0.05, 0.1) is 0 Å². The highest BCUT2D eigenvalue weighted by molar-refractivity contribution is 6.66. The molecule has 0 bridgehead atoms. The van der Waals surface area contributed by atoms with Crippen LogP contribution < -0.4 is 0 Å². The third kappa shape index (κ3) is 4.51. The Balaban J connectivity index is 3.64. The van der Waals surface area contributed by atoms with Crippen LogP contribution in [0.1, 0.15) is 0 Å². The number of terminal acetylenes is 1. The largest absolute Gasteiger partial charge is 0.507 e. The summed E-state index contributed by atoms with van der Waals surface area (Å²) >= 11 is 0. The monoisotopic (exact) mass is 163 g/mol. The van der Waals surface area contributed by atoms with Gasteiger partial charge in [0.25, 0.3) is 0 Å². The van der Waals surface area contributed by atoms with Crippen LogP contribution in [-0.2, 0) is 4.74 Å². The standard InChI is InChI=1S/C6H7BF3O/c1-3-4-11-5-6(2)7(8,9)10/h1H,2,4-5H2/q-1. The Hall–Kier alpha value is -0.885. The summed E-state index contributed by atoms with van der Waals surface area (Å²) in [5.41, 5.74) is -0.861. The molecule has 0 atom stereocenters. The second-order valence-electron chi connectivity index (χ2n) is 1.93. The van der Waals surface area contributed by atoms with E-state index in [4.69, 9.17) is 6.42 Å². The fraction of sp³-hybridized carbons (Fsp3) is 0.333. The molecular formula is C6H7BF3O-. The van der Waals surface area contributed by atoms with E-state index in [1.807, 2.05) is 0 Å². The van der Waals surface area contributed by atoms with Crippen LogP contribution >= 0.6 is 0 Å². The van der Waals surface area contributed by atoms with Crippen molar-refractivity contribution in [3.05, 3.63) is 12.1 Å². The van der Waals surface area contributed by atoms with Gasteiger partial charge in [-0.25, -0.2) is 0 Å². The molecule has 0 saturated carbocycles. The van der Waals surface area contributed by atoms with E-state index in [2.05, 4.69) is 17.2 Å². The predicted molar refractivity (Wildman–Crippen MR) is 37.9 cm³/mol. The lowest BCUT2D eigenvalue weighted by atomic mass is 9.81. The zero-order valence-electron chi connectivity index (χ0n) is 5.82. The Labute approximate surface area is 63.3 Å². The van der Waals surface area contributed by atoms with E-state index in [0.29, 0.717) is 0 Å². The number of halogens is 3. The smallest absolute Gasteiger partial charge is 0.445 e. The van der Waals surface area contributed by atoms with Crippen molar-refractivity contribution in [3.8, 4) is 12.3 Å². The Morgan fingerprint density at radius 1 is 1.55 bits per heavy atom. The Morgan fingerprint density at radius 3 is 2.45 bits per heavy atom. The Bertz CT molecular complexity index is 179. The van der Waals surface area contributed by atoms with Crippen LogP contribution in [0.2, 0.25) is 0 Å². The molecule has 0 aromatic heterocycles. The summed E-state index contributed by atoms with van der Waals surface area (Å²) in [5.74, 6) is 2.05. The van der Waals surface area contributed by atoms with E-state index in [-0.39, 0.29) is 6.61 Å². The fourth-order valence-corrected chi connectivity index (χ4v) is 0.336. The van der Waals surface area contributed by atoms with Crippen molar-refractivity contribution in [1.82, 2.24) is 0 Å². The van der Waals surface area contributed by atoms with Gasteiger partial charge in [0.15, 0.2) is 0 Å². The molecule has 0 fully saturated rings. The lowest BCUT2D eigenvalue weighted by Gasteiger charge is -2.16. The van der Waals surface area contributed by atoms with Crippen LogP contribution in [-0.4, -0.2) is 20.2 Å². The van der Waals surface area contributed by atoms with Gasteiger partial charge in [-0.2, -0.15) is 0 Å². The second-order valence-corrected chi connectivity index (χ2v) is 1.93. The van der Waals surface area contributed by atoms with E-state index >= 15 is 0 Å². The first-order valence-electron chi connectivity index (χ1n) is 2.87. The van der Waals surface area contributed by atoms with Crippen molar-refractivity contribution in [2.45, 2.75) is 0 Å². The van der Waals surface area contributed by atoms with Crippen LogP contribution in [0.25, 0.3) is 0 Å². The van der Waals surface area contributed by atoms with Gasteiger partial charge >= 0.3 is 6.98 Å². The quantitative estimate of drug-likeness (QED) is 0.347. The molecule has 0 radical (unpaired) electrons. The third-order valence-electron chi connectivity index (χ3n) is 0.936. The molecule has 5 heteroatoms. The molecule has 0 aliphatic heterocycles. The first-order valence-corrected chi connectivity index (χ1v) is 2.87. The molecule has 0 spiro atoms. The first kappa shape index (κ1) is 10.1. The van der Waals surface area contributed by atoms with Gasteiger partial charge in [-0.3, -0.25) is 0 Å². The van der Waals surface area contributed by atoms with Gasteiger partial charge in [0.2, 0.25) is 0 Å². The lowest BCUT2D eigenvalue weighted by molar-refractivity contribution is 0.192. The van der Waals surface area contributed by atoms with Crippen LogP contribution in [0.3, 0.4) is 0 Å². The van der Waals surface area contributed by atoms with E-state index in [0.717, 1.165) is 0 Å². The van der Waals surface area contributed by atoms with Crippen LogP contribution in [0.5, 0.6) is 0 Å². The fourth-order valence-electron chi connectivity index (χ4n) is 0.336. The molecule has 62 valence electrons. The van der Waals surface area contributed by atoms with Crippen LogP contribution in [0.4, 0.5) is 12.9 Å². The molecule has 0 aromatic carbocycles. The van der Waals surface area contributed by atoms with Crippen molar-refractivity contribution in [2.75, 3.05) is 13.2 Å². The summed E-state index contributed by atoms with van der Waals surface area (Å²) in [6, 6.07) is 0. The molecule has 0 aliphatic carbocycles. The highest BCUT2D eigenvalue weighted by Gasteiger charge is 2.26. The van der Waals surface area contributed by atoms with Crippen LogP contribution in [0, 0.1) is 12.3 Å². The van der Waals surface area contributed by atoms with E-state index < -0.39 is 19.1 Å². The van der Waals surface area contributed by atoms with Crippen molar-refractivity contribution < 1.29 is 17.7 Å². The molecule has 0 aliphatic rings. The molecule has 0 heterocycles. The van der Waals surface area contributed by atoms with Crippen molar-refractivity contribution in [3.63, 3.8) is 0 Å². The highest BCUT2D eigenvalue weighted by Crippen LogP contribution is 2.17. The van der Waals surface area contributed by atoms with Gasteiger partial charge in [-0.1, -0.05) is 5.92 Å². The number of hydrogen-bond acceptors (Lipinski definition) is 1. The molecule has 0 aromatic rings. The minimum Gasteiger partial charge on any atom is -0.445 e. The van der Waals surface area contributed by atoms with Gasteiger partial charge in [-0.05, 0) is 0 Å². The second kappa shape index (κ2) is 4.09. The lowest BCUT2D eigenvalue weighted by Crippen LogP contribution is -2.22. The van der Waals surface area contributed by atoms with Crippen LogP contribution in [0.15, 0.2) is 12.1 Å². The van der Waals surface area contributed by atoms with Crippen molar-refractivity contribution in [1.29, 1.82) is 0 Å². The Morgan fingerprint density at radius 2 is 2.09 bits per heavy atom. The molecule has 11 heavy (non-hydrogen) atoms. The van der Waals surface area contributed by atoms with Crippen molar-refractivity contribution in [2.24, 2.45) is 0 Å². The summed E-state index contributed by atoms with van der Waals surface area (Å²) in [5, 5.41) is 0. The molecule has 1 nitrogen and oxygen atoms in total. The molecule has 0 rings (SSSR count). The zero-order chi connectivity index (χ0) is 8.91. The molecule has 0 unspecified atom stereocenters.